The van der Waals surface area contributed by atoms with Gasteiger partial charge in [-0.3, -0.25) is 9.59 Å². The van der Waals surface area contributed by atoms with Crippen LogP contribution in [0.3, 0.4) is 0 Å². The van der Waals surface area contributed by atoms with Crippen LogP contribution in [0.25, 0.3) is 5.57 Å². The molecule has 0 aliphatic carbocycles. The minimum absolute atomic E-state index is 0.0599. The third kappa shape index (κ3) is 4.60. The predicted octanol–water partition coefficient (Wildman–Crippen LogP) is 2.72. The molecule has 2 atom stereocenters. The Kier molecular flexibility index (Phi) is 6.81. The number of nitrogens with zero attached hydrogens (tertiary/aromatic N) is 2. The zero-order chi connectivity index (χ0) is 24.5. The molecule has 2 aromatic rings. The first-order valence-corrected chi connectivity index (χ1v) is 11.5. The Balaban J connectivity index is 1.64. The van der Waals surface area contributed by atoms with Crippen molar-refractivity contribution in [2.45, 2.75) is 25.9 Å². The molecule has 1 fully saturated rings. The molecular formula is C26H30F2N4O2. The summed E-state index contributed by atoms with van der Waals surface area (Å²) in [5.41, 5.74) is 6.74. The number of hydrogen-bond acceptors (Lipinski definition) is 4. The van der Waals surface area contributed by atoms with Gasteiger partial charge in [0.2, 0.25) is 11.8 Å². The number of amides is 2. The first-order chi connectivity index (χ1) is 16.2. The van der Waals surface area contributed by atoms with Crippen LogP contribution < -0.4 is 11.1 Å². The average Bonchev–Trinajstić information content (AvgIpc) is 3.30. The van der Waals surface area contributed by atoms with Crippen molar-refractivity contribution in [1.29, 1.82) is 0 Å². The number of benzene rings is 2. The summed E-state index contributed by atoms with van der Waals surface area (Å²) < 4.78 is 28.4. The van der Waals surface area contributed by atoms with Crippen molar-refractivity contribution >= 4 is 17.4 Å². The lowest BCUT2D eigenvalue weighted by Crippen LogP contribution is -2.59. The topological polar surface area (TPSA) is 78.7 Å². The van der Waals surface area contributed by atoms with Crippen LogP contribution in [-0.4, -0.2) is 60.4 Å². The van der Waals surface area contributed by atoms with E-state index in [1.165, 1.54) is 0 Å². The predicted molar refractivity (Wildman–Crippen MR) is 126 cm³/mol. The van der Waals surface area contributed by atoms with Crippen LogP contribution in [0.1, 0.15) is 31.0 Å². The third-order valence-corrected chi connectivity index (χ3v) is 6.73. The summed E-state index contributed by atoms with van der Waals surface area (Å²) in [5.74, 6) is -1.70. The molecule has 0 aromatic heterocycles. The van der Waals surface area contributed by atoms with Crippen LogP contribution >= 0.6 is 0 Å². The molecule has 2 aromatic carbocycles. The molecule has 0 bridgehead atoms. The molecule has 4 rings (SSSR count). The SMILES string of the molecule is CC(C)(C(=O)N1CCNCC1)[C@H](N)C(=O)N1CC(c2cc(F)ccc2F)=C[C@H]1c1ccccc1. The number of carbonyl (C=O) groups excluding carboxylic acids is 2. The Morgan fingerprint density at radius 1 is 1.09 bits per heavy atom. The van der Waals surface area contributed by atoms with E-state index in [4.69, 9.17) is 5.73 Å². The molecule has 6 nitrogen and oxygen atoms in total. The Morgan fingerprint density at radius 3 is 2.44 bits per heavy atom. The molecule has 2 heterocycles. The summed E-state index contributed by atoms with van der Waals surface area (Å²) in [6, 6.07) is 11.0. The number of rotatable bonds is 5. The molecule has 1 saturated heterocycles. The van der Waals surface area contributed by atoms with Crippen LogP contribution in [0.2, 0.25) is 0 Å². The van der Waals surface area contributed by atoms with Crippen molar-refractivity contribution in [2.75, 3.05) is 32.7 Å². The van der Waals surface area contributed by atoms with Crippen molar-refractivity contribution in [1.82, 2.24) is 15.1 Å². The molecule has 0 unspecified atom stereocenters. The number of halogens is 2. The van der Waals surface area contributed by atoms with Crippen molar-refractivity contribution in [3.05, 3.63) is 77.4 Å². The molecule has 0 radical (unpaired) electrons. The van der Waals surface area contributed by atoms with Gasteiger partial charge in [-0.05, 0) is 43.2 Å². The van der Waals surface area contributed by atoms with E-state index >= 15 is 0 Å². The van der Waals surface area contributed by atoms with E-state index in [0.29, 0.717) is 31.8 Å². The van der Waals surface area contributed by atoms with Crippen LogP contribution in [-0.2, 0) is 9.59 Å². The standard InChI is InChI=1S/C26H30F2N4O2/c1-26(2,25(34)31-12-10-30-11-13-31)23(29)24(33)32-16-18(20-15-19(27)8-9-21(20)28)14-22(32)17-6-4-3-5-7-17/h3-9,14-15,22-23,30H,10-13,16,29H2,1-2H3/t22-,23+/m0/s1. The Labute approximate surface area is 198 Å². The van der Waals surface area contributed by atoms with Crippen molar-refractivity contribution in [3.8, 4) is 0 Å². The van der Waals surface area contributed by atoms with Gasteiger partial charge in [0, 0.05) is 38.3 Å². The van der Waals surface area contributed by atoms with Crippen LogP contribution in [0.15, 0.2) is 54.6 Å². The van der Waals surface area contributed by atoms with E-state index in [-0.39, 0.29) is 18.0 Å². The van der Waals surface area contributed by atoms with Crippen LogP contribution in [0.4, 0.5) is 8.78 Å². The number of nitrogens with two attached hydrogens (primary N) is 1. The summed E-state index contributed by atoms with van der Waals surface area (Å²) in [6.45, 7) is 5.94. The van der Waals surface area contributed by atoms with E-state index in [1.807, 2.05) is 30.3 Å². The second kappa shape index (κ2) is 9.64. The summed E-state index contributed by atoms with van der Waals surface area (Å²) >= 11 is 0. The van der Waals surface area contributed by atoms with Crippen molar-refractivity contribution in [3.63, 3.8) is 0 Å². The highest BCUT2D eigenvalue weighted by molar-refractivity contribution is 5.94. The van der Waals surface area contributed by atoms with Gasteiger partial charge in [-0.2, -0.15) is 0 Å². The fraction of sp³-hybridized carbons (Fsp3) is 0.385. The third-order valence-electron chi connectivity index (χ3n) is 6.73. The summed E-state index contributed by atoms with van der Waals surface area (Å²) in [6.07, 6.45) is 1.77. The van der Waals surface area contributed by atoms with Gasteiger partial charge in [0.15, 0.2) is 0 Å². The molecular weight excluding hydrogens is 438 g/mol. The Morgan fingerprint density at radius 2 is 1.76 bits per heavy atom. The number of nitrogens with one attached hydrogen (secondary N) is 1. The van der Waals surface area contributed by atoms with E-state index in [2.05, 4.69) is 5.32 Å². The van der Waals surface area contributed by atoms with Gasteiger partial charge in [0.1, 0.15) is 11.6 Å². The summed E-state index contributed by atoms with van der Waals surface area (Å²) in [7, 11) is 0. The lowest BCUT2D eigenvalue weighted by atomic mass is 9.82. The number of carbonyl (C=O) groups is 2. The second-order valence-corrected chi connectivity index (χ2v) is 9.38. The number of hydrogen-bond donors (Lipinski definition) is 2. The minimum atomic E-state index is -1.14. The van der Waals surface area contributed by atoms with Crippen molar-refractivity contribution < 1.29 is 18.4 Å². The van der Waals surface area contributed by atoms with E-state index in [0.717, 1.165) is 23.8 Å². The van der Waals surface area contributed by atoms with Crippen molar-refractivity contribution in [2.24, 2.45) is 11.1 Å². The van der Waals surface area contributed by atoms with E-state index in [1.54, 1.807) is 29.7 Å². The lowest BCUT2D eigenvalue weighted by molar-refractivity contribution is -0.148. The first kappa shape index (κ1) is 24.0. The van der Waals surface area contributed by atoms with Gasteiger partial charge in [0.05, 0.1) is 17.5 Å². The molecule has 2 aliphatic rings. The van der Waals surface area contributed by atoms with Crippen LogP contribution in [0.5, 0.6) is 0 Å². The fourth-order valence-electron chi connectivity index (χ4n) is 4.57. The highest BCUT2D eigenvalue weighted by atomic mass is 19.1. The normalized spacial score (nSPS) is 19.7. The maximum absolute atomic E-state index is 14.5. The molecule has 180 valence electrons. The second-order valence-electron chi connectivity index (χ2n) is 9.38. The van der Waals surface area contributed by atoms with E-state index < -0.39 is 35.0 Å². The highest BCUT2D eigenvalue weighted by Crippen LogP contribution is 2.37. The van der Waals surface area contributed by atoms with Gasteiger partial charge in [-0.25, -0.2) is 8.78 Å². The van der Waals surface area contributed by atoms with Gasteiger partial charge in [-0.1, -0.05) is 36.4 Å². The van der Waals surface area contributed by atoms with Crippen LogP contribution in [0, 0.1) is 17.0 Å². The maximum Gasteiger partial charge on any atom is 0.241 e. The molecule has 2 aliphatic heterocycles. The molecule has 8 heteroatoms. The highest BCUT2D eigenvalue weighted by Gasteiger charge is 2.45. The maximum atomic E-state index is 14.5. The molecule has 0 spiro atoms. The fourth-order valence-corrected chi connectivity index (χ4v) is 4.57. The Hall–Kier alpha value is -3.10. The first-order valence-electron chi connectivity index (χ1n) is 11.5. The summed E-state index contributed by atoms with van der Waals surface area (Å²) in [5, 5.41) is 3.21. The number of piperazine rings is 1. The van der Waals surface area contributed by atoms with Gasteiger partial charge in [-0.15, -0.1) is 0 Å². The van der Waals surface area contributed by atoms with Gasteiger partial charge >= 0.3 is 0 Å². The minimum Gasteiger partial charge on any atom is -0.340 e. The van der Waals surface area contributed by atoms with E-state index in [9.17, 15) is 18.4 Å². The smallest absolute Gasteiger partial charge is 0.241 e. The Bertz CT molecular complexity index is 1100. The lowest BCUT2D eigenvalue weighted by Gasteiger charge is -2.39. The zero-order valence-corrected chi connectivity index (χ0v) is 19.4. The quantitative estimate of drug-likeness (QED) is 0.708. The molecule has 3 N–H and O–H groups in total. The monoisotopic (exact) mass is 468 g/mol. The zero-order valence-electron chi connectivity index (χ0n) is 19.4. The van der Waals surface area contributed by atoms with Gasteiger partial charge < -0.3 is 20.9 Å². The molecule has 34 heavy (non-hydrogen) atoms. The van der Waals surface area contributed by atoms with Gasteiger partial charge in [0.25, 0.3) is 0 Å². The largest absolute Gasteiger partial charge is 0.340 e. The molecule has 2 amide bonds. The molecule has 0 saturated carbocycles. The average molecular weight is 469 g/mol. The summed E-state index contributed by atoms with van der Waals surface area (Å²) in [4.78, 5) is 30.2.